The molecule has 1 amide bonds. The molecule has 6 heteroatoms. The van der Waals surface area contributed by atoms with Gasteiger partial charge in [0.25, 0.3) is 5.91 Å². The second-order valence-corrected chi connectivity index (χ2v) is 4.67. The van der Waals surface area contributed by atoms with Crippen LogP contribution in [-0.4, -0.2) is 46.3 Å². The smallest absolute Gasteiger partial charge is 0.274 e. The fourth-order valence-electron chi connectivity index (χ4n) is 1.83. The average molecular weight is 236 g/mol. The Morgan fingerprint density at radius 2 is 2.24 bits per heavy atom. The van der Waals surface area contributed by atoms with Crippen LogP contribution in [0.2, 0.25) is 0 Å². The Morgan fingerprint density at radius 1 is 1.47 bits per heavy atom. The van der Waals surface area contributed by atoms with Crippen molar-refractivity contribution in [3.63, 3.8) is 0 Å². The Kier molecular flexibility index (Phi) is 2.97. The van der Waals surface area contributed by atoms with E-state index in [2.05, 4.69) is 10.2 Å². The lowest BCUT2D eigenvalue weighted by molar-refractivity contribution is -0.0373. The minimum Gasteiger partial charge on any atom is -0.382 e. The SMILES string of the molecule is CC1(C)COCCN1C(=O)c1ccc(N)nn1. The summed E-state index contributed by atoms with van der Waals surface area (Å²) in [5.41, 5.74) is 5.43. The number of carbonyl (C=O) groups excluding carboxylic acids is 1. The van der Waals surface area contributed by atoms with Gasteiger partial charge in [-0.05, 0) is 26.0 Å². The second kappa shape index (κ2) is 4.29. The van der Waals surface area contributed by atoms with E-state index in [1.807, 2.05) is 13.8 Å². The van der Waals surface area contributed by atoms with Crippen LogP contribution in [0, 0.1) is 0 Å². The number of morpholine rings is 1. The maximum absolute atomic E-state index is 12.3. The number of anilines is 1. The van der Waals surface area contributed by atoms with Crippen LogP contribution in [0.5, 0.6) is 0 Å². The molecular formula is C11H16N4O2. The molecular weight excluding hydrogens is 220 g/mol. The highest BCUT2D eigenvalue weighted by Crippen LogP contribution is 2.20. The highest BCUT2D eigenvalue weighted by molar-refractivity contribution is 5.92. The zero-order valence-electron chi connectivity index (χ0n) is 10.0. The van der Waals surface area contributed by atoms with Gasteiger partial charge in [0.05, 0.1) is 18.8 Å². The van der Waals surface area contributed by atoms with Gasteiger partial charge in [-0.25, -0.2) is 0 Å². The molecule has 1 aliphatic heterocycles. The van der Waals surface area contributed by atoms with Crippen molar-refractivity contribution in [3.05, 3.63) is 17.8 Å². The van der Waals surface area contributed by atoms with E-state index in [9.17, 15) is 4.79 Å². The van der Waals surface area contributed by atoms with Crippen molar-refractivity contribution in [2.75, 3.05) is 25.5 Å². The fraction of sp³-hybridized carbons (Fsp3) is 0.545. The molecule has 6 nitrogen and oxygen atoms in total. The molecule has 17 heavy (non-hydrogen) atoms. The summed E-state index contributed by atoms with van der Waals surface area (Å²) >= 11 is 0. The van der Waals surface area contributed by atoms with Gasteiger partial charge in [0.2, 0.25) is 0 Å². The number of nitrogens with zero attached hydrogens (tertiary/aromatic N) is 3. The monoisotopic (exact) mass is 236 g/mol. The molecule has 1 aromatic heterocycles. The molecule has 0 aliphatic carbocycles. The lowest BCUT2D eigenvalue weighted by Gasteiger charge is -2.41. The quantitative estimate of drug-likeness (QED) is 0.759. The first kappa shape index (κ1) is 11.8. The molecule has 0 aromatic carbocycles. The summed E-state index contributed by atoms with van der Waals surface area (Å²) in [6, 6.07) is 3.17. The summed E-state index contributed by atoms with van der Waals surface area (Å²) in [4.78, 5) is 14.0. The van der Waals surface area contributed by atoms with Gasteiger partial charge in [-0.15, -0.1) is 10.2 Å². The van der Waals surface area contributed by atoms with Crippen LogP contribution >= 0.6 is 0 Å². The third-order valence-electron chi connectivity index (χ3n) is 2.79. The summed E-state index contributed by atoms with van der Waals surface area (Å²) < 4.78 is 5.37. The first-order valence-corrected chi connectivity index (χ1v) is 5.50. The number of nitrogen functional groups attached to an aromatic ring is 1. The molecule has 2 rings (SSSR count). The molecule has 92 valence electrons. The third-order valence-corrected chi connectivity index (χ3v) is 2.79. The van der Waals surface area contributed by atoms with E-state index in [1.54, 1.807) is 17.0 Å². The number of amides is 1. The Bertz CT molecular complexity index is 416. The van der Waals surface area contributed by atoms with Crippen LogP contribution in [0.15, 0.2) is 12.1 Å². The minimum absolute atomic E-state index is 0.134. The van der Waals surface area contributed by atoms with Gasteiger partial charge >= 0.3 is 0 Å². The van der Waals surface area contributed by atoms with Gasteiger partial charge in [-0.2, -0.15) is 0 Å². The standard InChI is InChI=1S/C11H16N4O2/c1-11(2)7-17-6-5-15(11)10(16)8-3-4-9(12)14-13-8/h3-4H,5-7H2,1-2H3,(H2,12,14). The van der Waals surface area contributed by atoms with E-state index in [0.717, 1.165) is 0 Å². The number of hydrogen-bond acceptors (Lipinski definition) is 5. The van der Waals surface area contributed by atoms with E-state index < -0.39 is 0 Å². The molecule has 1 fully saturated rings. The van der Waals surface area contributed by atoms with Gasteiger partial charge in [0.1, 0.15) is 5.82 Å². The Labute approximate surface area is 99.8 Å². The Hall–Kier alpha value is -1.69. The van der Waals surface area contributed by atoms with Crippen LogP contribution < -0.4 is 5.73 Å². The van der Waals surface area contributed by atoms with Crippen molar-refractivity contribution >= 4 is 11.7 Å². The fourth-order valence-corrected chi connectivity index (χ4v) is 1.83. The van der Waals surface area contributed by atoms with Gasteiger partial charge in [0, 0.05) is 6.54 Å². The zero-order chi connectivity index (χ0) is 12.5. The van der Waals surface area contributed by atoms with Crippen LogP contribution in [0.3, 0.4) is 0 Å². The summed E-state index contributed by atoms with van der Waals surface area (Å²) in [5.74, 6) is 0.175. The van der Waals surface area contributed by atoms with Gasteiger partial charge in [-0.3, -0.25) is 4.79 Å². The molecule has 0 saturated carbocycles. The third kappa shape index (κ3) is 2.36. The normalized spacial score (nSPS) is 19.1. The number of ether oxygens (including phenoxy) is 1. The van der Waals surface area contributed by atoms with E-state index in [-0.39, 0.29) is 11.4 Å². The molecule has 0 unspecified atom stereocenters. The summed E-state index contributed by atoms with van der Waals surface area (Å²) in [6.45, 7) is 5.58. The first-order valence-electron chi connectivity index (χ1n) is 5.50. The lowest BCUT2D eigenvalue weighted by atomic mass is 10.0. The summed E-state index contributed by atoms with van der Waals surface area (Å²) in [5, 5.41) is 7.50. The van der Waals surface area contributed by atoms with Gasteiger partial charge in [-0.1, -0.05) is 0 Å². The van der Waals surface area contributed by atoms with E-state index in [1.165, 1.54) is 0 Å². The Morgan fingerprint density at radius 3 is 2.82 bits per heavy atom. The molecule has 1 aliphatic rings. The van der Waals surface area contributed by atoms with Crippen molar-refractivity contribution in [1.82, 2.24) is 15.1 Å². The van der Waals surface area contributed by atoms with Crippen molar-refractivity contribution < 1.29 is 9.53 Å². The van der Waals surface area contributed by atoms with Crippen LogP contribution in [-0.2, 0) is 4.74 Å². The molecule has 0 atom stereocenters. The maximum atomic E-state index is 12.3. The number of nitrogens with two attached hydrogens (primary N) is 1. The Balaban J connectivity index is 2.21. The largest absolute Gasteiger partial charge is 0.382 e. The topological polar surface area (TPSA) is 81.3 Å². The van der Waals surface area contributed by atoms with E-state index in [0.29, 0.717) is 31.3 Å². The molecule has 2 heterocycles. The first-order chi connectivity index (χ1) is 8.00. The molecule has 0 bridgehead atoms. The average Bonchev–Trinajstić information content (AvgIpc) is 2.28. The summed E-state index contributed by atoms with van der Waals surface area (Å²) in [7, 11) is 0. The molecule has 1 aromatic rings. The van der Waals surface area contributed by atoms with Crippen LogP contribution in [0.25, 0.3) is 0 Å². The minimum atomic E-state index is -0.321. The molecule has 0 radical (unpaired) electrons. The predicted octanol–water partition coefficient (Wildman–Crippen LogP) is 0.310. The number of carbonyl (C=O) groups is 1. The van der Waals surface area contributed by atoms with Crippen LogP contribution in [0.4, 0.5) is 5.82 Å². The highest BCUT2D eigenvalue weighted by Gasteiger charge is 2.35. The zero-order valence-corrected chi connectivity index (χ0v) is 10.0. The van der Waals surface area contributed by atoms with E-state index >= 15 is 0 Å². The van der Waals surface area contributed by atoms with Crippen molar-refractivity contribution in [3.8, 4) is 0 Å². The number of hydrogen-bond donors (Lipinski definition) is 1. The van der Waals surface area contributed by atoms with Crippen molar-refractivity contribution in [1.29, 1.82) is 0 Å². The maximum Gasteiger partial charge on any atom is 0.274 e. The number of aromatic nitrogens is 2. The predicted molar refractivity (Wildman–Crippen MR) is 62.4 cm³/mol. The van der Waals surface area contributed by atoms with E-state index in [4.69, 9.17) is 10.5 Å². The second-order valence-electron chi connectivity index (χ2n) is 4.67. The van der Waals surface area contributed by atoms with Crippen molar-refractivity contribution in [2.24, 2.45) is 0 Å². The van der Waals surface area contributed by atoms with Crippen LogP contribution in [0.1, 0.15) is 24.3 Å². The highest BCUT2D eigenvalue weighted by atomic mass is 16.5. The van der Waals surface area contributed by atoms with Gasteiger partial charge < -0.3 is 15.4 Å². The molecule has 0 spiro atoms. The molecule has 1 saturated heterocycles. The number of rotatable bonds is 1. The van der Waals surface area contributed by atoms with Gasteiger partial charge in [0.15, 0.2) is 5.69 Å². The summed E-state index contributed by atoms with van der Waals surface area (Å²) in [6.07, 6.45) is 0. The lowest BCUT2D eigenvalue weighted by Crippen LogP contribution is -2.55. The van der Waals surface area contributed by atoms with Crippen molar-refractivity contribution in [2.45, 2.75) is 19.4 Å². The molecule has 2 N–H and O–H groups in total.